The molecule has 0 aliphatic carbocycles. The molecule has 26 heavy (non-hydrogen) atoms. The monoisotopic (exact) mass is 376 g/mol. The number of fused-ring (bicyclic) bond motifs is 1. The van der Waals surface area contributed by atoms with Crippen LogP contribution in [-0.4, -0.2) is 33.8 Å². The molecule has 1 heterocycles. The number of benzene rings is 1. The largest absolute Gasteiger partial charge is 0.338 e. The second kappa shape index (κ2) is 9.96. The highest BCUT2D eigenvalue weighted by atomic mass is 32.2. The Balaban J connectivity index is 2.15. The number of aromatic nitrogens is 2. The van der Waals surface area contributed by atoms with Gasteiger partial charge in [0.25, 0.3) is 5.56 Å². The fraction of sp³-hybridized carbons (Fsp3) is 0.444. The van der Waals surface area contributed by atoms with E-state index in [0.717, 1.165) is 31.0 Å². The molecule has 7 nitrogen and oxygen atoms in total. The van der Waals surface area contributed by atoms with Gasteiger partial charge in [0.15, 0.2) is 5.16 Å². The summed E-state index contributed by atoms with van der Waals surface area (Å²) in [6, 6.07) is 6.66. The summed E-state index contributed by atoms with van der Waals surface area (Å²) in [7, 11) is 0. The molecule has 0 radical (unpaired) electrons. The van der Waals surface area contributed by atoms with Gasteiger partial charge in [-0.1, -0.05) is 44.2 Å². The standard InChI is InChI=1S/C18H24N4O3S/c1-3-5-11-22-16(24)13-8-6-7-9-14(13)20-18(22)26-12-15(23)21-17(25)19-10-4-2/h6-9H,3-5,10-12H2,1-2H3,(H2,19,21,23,25). The van der Waals surface area contributed by atoms with Gasteiger partial charge in [0, 0.05) is 13.1 Å². The Kier molecular flexibility index (Phi) is 7.65. The van der Waals surface area contributed by atoms with Gasteiger partial charge in [0.05, 0.1) is 16.7 Å². The van der Waals surface area contributed by atoms with E-state index in [1.165, 1.54) is 0 Å². The number of rotatable bonds is 8. The number of imide groups is 1. The van der Waals surface area contributed by atoms with Crippen LogP contribution in [0.25, 0.3) is 10.9 Å². The number of para-hydroxylation sites is 1. The van der Waals surface area contributed by atoms with E-state index in [2.05, 4.69) is 22.5 Å². The maximum absolute atomic E-state index is 12.7. The summed E-state index contributed by atoms with van der Waals surface area (Å²) in [5.74, 6) is -0.413. The molecule has 0 saturated heterocycles. The molecule has 8 heteroatoms. The Hall–Kier alpha value is -2.35. The van der Waals surface area contributed by atoms with Crippen LogP contribution in [0.2, 0.25) is 0 Å². The van der Waals surface area contributed by atoms with Crippen molar-refractivity contribution in [3.63, 3.8) is 0 Å². The SMILES string of the molecule is CCCCn1c(SCC(=O)NC(=O)NCCC)nc2ccccc2c1=O. The lowest BCUT2D eigenvalue weighted by Gasteiger charge is -2.12. The van der Waals surface area contributed by atoms with E-state index in [4.69, 9.17) is 0 Å². The summed E-state index contributed by atoms with van der Waals surface area (Å²) in [6.45, 7) is 5.04. The number of amides is 3. The zero-order valence-electron chi connectivity index (χ0n) is 15.1. The molecule has 140 valence electrons. The fourth-order valence-electron chi connectivity index (χ4n) is 2.35. The van der Waals surface area contributed by atoms with E-state index in [-0.39, 0.29) is 11.3 Å². The third-order valence-electron chi connectivity index (χ3n) is 3.68. The van der Waals surface area contributed by atoms with Crippen molar-refractivity contribution >= 4 is 34.6 Å². The molecule has 3 amide bonds. The van der Waals surface area contributed by atoms with Crippen LogP contribution in [0, 0.1) is 0 Å². The first-order chi connectivity index (χ1) is 12.6. The number of nitrogens with one attached hydrogen (secondary N) is 2. The number of hydrogen-bond donors (Lipinski definition) is 2. The molecule has 0 unspecified atom stereocenters. The summed E-state index contributed by atoms with van der Waals surface area (Å²) < 4.78 is 1.61. The van der Waals surface area contributed by atoms with Crippen molar-refractivity contribution in [3.05, 3.63) is 34.6 Å². The minimum absolute atomic E-state index is 0.0104. The van der Waals surface area contributed by atoms with Gasteiger partial charge >= 0.3 is 6.03 Å². The highest BCUT2D eigenvalue weighted by Gasteiger charge is 2.14. The Morgan fingerprint density at radius 3 is 2.69 bits per heavy atom. The number of carbonyl (C=O) groups excluding carboxylic acids is 2. The first-order valence-corrected chi connectivity index (χ1v) is 9.75. The minimum Gasteiger partial charge on any atom is -0.338 e. The Morgan fingerprint density at radius 2 is 1.96 bits per heavy atom. The van der Waals surface area contributed by atoms with E-state index in [1.807, 2.05) is 19.1 Å². The van der Waals surface area contributed by atoms with Crippen LogP contribution in [0.3, 0.4) is 0 Å². The molecule has 2 N–H and O–H groups in total. The first kappa shape index (κ1) is 20.0. The van der Waals surface area contributed by atoms with Gasteiger partial charge < -0.3 is 5.32 Å². The number of hydrogen-bond acceptors (Lipinski definition) is 5. The third-order valence-corrected chi connectivity index (χ3v) is 4.66. The Morgan fingerprint density at radius 1 is 1.19 bits per heavy atom. The lowest BCUT2D eigenvalue weighted by atomic mass is 10.2. The molecule has 0 saturated carbocycles. The summed E-state index contributed by atoms with van der Waals surface area (Å²) in [6.07, 6.45) is 2.58. The number of carbonyl (C=O) groups is 2. The van der Waals surface area contributed by atoms with Crippen molar-refractivity contribution in [1.82, 2.24) is 20.2 Å². The highest BCUT2D eigenvalue weighted by molar-refractivity contribution is 7.99. The molecule has 0 bridgehead atoms. The number of unbranched alkanes of at least 4 members (excludes halogenated alkanes) is 1. The van der Waals surface area contributed by atoms with E-state index >= 15 is 0 Å². The molecule has 0 atom stereocenters. The molecule has 0 aliphatic rings. The van der Waals surface area contributed by atoms with Crippen LogP contribution in [-0.2, 0) is 11.3 Å². The van der Waals surface area contributed by atoms with Crippen molar-refractivity contribution in [2.45, 2.75) is 44.8 Å². The summed E-state index contributed by atoms with van der Waals surface area (Å²) in [5, 5.41) is 5.92. The number of nitrogens with zero attached hydrogens (tertiary/aromatic N) is 2. The summed E-state index contributed by atoms with van der Waals surface area (Å²) >= 11 is 1.16. The minimum atomic E-state index is -0.507. The van der Waals surface area contributed by atoms with Crippen LogP contribution < -0.4 is 16.2 Å². The average molecular weight is 376 g/mol. The zero-order valence-corrected chi connectivity index (χ0v) is 15.9. The molecule has 0 spiro atoms. The fourth-order valence-corrected chi connectivity index (χ4v) is 3.17. The molecule has 0 fully saturated rings. The van der Waals surface area contributed by atoms with Crippen molar-refractivity contribution in [2.24, 2.45) is 0 Å². The van der Waals surface area contributed by atoms with Gasteiger partial charge in [-0.05, 0) is 25.0 Å². The van der Waals surface area contributed by atoms with Crippen LogP contribution in [0.4, 0.5) is 4.79 Å². The van der Waals surface area contributed by atoms with E-state index in [0.29, 0.717) is 29.1 Å². The maximum Gasteiger partial charge on any atom is 0.321 e. The molecule has 2 aromatic rings. The average Bonchev–Trinajstić information content (AvgIpc) is 2.64. The number of urea groups is 1. The van der Waals surface area contributed by atoms with Crippen molar-refractivity contribution < 1.29 is 9.59 Å². The van der Waals surface area contributed by atoms with E-state index < -0.39 is 11.9 Å². The normalized spacial score (nSPS) is 10.7. The van der Waals surface area contributed by atoms with Crippen LogP contribution in [0.5, 0.6) is 0 Å². The van der Waals surface area contributed by atoms with Gasteiger partial charge in [-0.25, -0.2) is 9.78 Å². The van der Waals surface area contributed by atoms with Gasteiger partial charge in [-0.15, -0.1) is 0 Å². The van der Waals surface area contributed by atoms with Gasteiger partial charge in [0.2, 0.25) is 5.91 Å². The predicted octanol–water partition coefficient (Wildman–Crippen LogP) is 2.52. The lowest BCUT2D eigenvalue weighted by molar-refractivity contribution is -0.117. The van der Waals surface area contributed by atoms with E-state index in [9.17, 15) is 14.4 Å². The quantitative estimate of drug-likeness (QED) is 0.545. The molecule has 0 aliphatic heterocycles. The molecule has 1 aromatic heterocycles. The zero-order chi connectivity index (χ0) is 18.9. The second-order valence-electron chi connectivity index (χ2n) is 5.81. The highest BCUT2D eigenvalue weighted by Crippen LogP contribution is 2.18. The van der Waals surface area contributed by atoms with Gasteiger partial charge in [-0.2, -0.15) is 0 Å². The summed E-state index contributed by atoms with van der Waals surface area (Å²) in [4.78, 5) is 40.8. The molecular formula is C18H24N4O3S. The van der Waals surface area contributed by atoms with Crippen molar-refractivity contribution in [1.29, 1.82) is 0 Å². The maximum atomic E-state index is 12.7. The van der Waals surface area contributed by atoms with Crippen molar-refractivity contribution in [2.75, 3.05) is 12.3 Å². The van der Waals surface area contributed by atoms with Crippen LogP contribution in [0.15, 0.2) is 34.2 Å². The van der Waals surface area contributed by atoms with Crippen LogP contribution >= 0.6 is 11.8 Å². The lowest BCUT2D eigenvalue weighted by Crippen LogP contribution is -2.40. The smallest absolute Gasteiger partial charge is 0.321 e. The van der Waals surface area contributed by atoms with E-state index in [1.54, 1.807) is 16.7 Å². The Labute approximate surface area is 156 Å². The number of thioether (sulfide) groups is 1. The summed E-state index contributed by atoms with van der Waals surface area (Å²) in [5.41, 5.74) is 0.501. The topological polar surface area (TPSA) is 93.1 Å². The van der Waals surface area contributed by atoms with Crippen molar-refractivity contribution in [3.8, 4) is 0 Å². The van der Waals surface area contributed by atoms with Crippen LogP contribution in [0.1, 0.15) is 33.1 Å². The predicted molar refractivity (Wildman–Crippen MR) is 103 cm³/mol. The van der Waals surface area contributed by atoms with Gasteiger partial charge in [-0.3, -0.25) is 19.5 Å². The Bertz CT molecular complexity index is 835. The van der Waals surface area contributed by atoms with Gasteiger partial charge in [0.1, 0.15) is 0 Å². The first-order valence-electron chi connectivity index (χ1n) is 8.76. The third kappa shape index (κ3) is 5.32. The molecule has 2 rings (SSSR count). The molecule has 1 aromatic carbocycles. The molecular weight excluding hydrogens is 352 g/mol. The second-order valence-corrected chi connectivity index (χ2v) is 6.76.